The van der Waals surface area contributed by atoms with Gasteiger partial charge in [0, 0.05) is 11.1 Å². The van der Waals surface area contributed by atoms with Gasteiger partial charge in [-0.05, 0) is 34.9 Å². The Balaban J connectivity index is 1.78. The standard InChI is InChI=1S/C18H17N3O3/c1-2-11-23-15-10-6-9-14(12-15)18(22)19-17-16(20-24-21-17)13-7-4-3-5-8-13/h3-10,12H,2,11H2,1H3,(H,19,21,22). The number of amides is 1. The molecule has 2 aromatic carbocycles. The van der Waals surface area contributed by atoms with Crippen molar-refractivity contribution in [1.82, 2.24) is 10.3 Å². The molecule has 6 heteroatoms. The Hall–Kier alpha value is -3.15. The van der Waals surface area contributed by atoms with Crippen molar-refractivity contribution < 1.29 is 14.2 Å². The first-order chi connectivity index (χ1) is 11.8. The normalized spacial score (nSPS) is 10.4. The maximum Gasteiger partial charge on any atom is 0.257 e. The smallest absolute Gasteiger partial charge is 0.257 e. The van der Waals surface area contributed by atoms with Gasteiger partial charge in [-0.2, -0.15) is 0 Å². The lowest BCUT2D eigenvalue weighted by molar-refractivity contribution is 0.102. The fourth-order valence-electron chi connectivity index (χ4n) is 2.18. The minimum absolute atomic E-state index is 0.283. The van der Waals surface area contributed by atoms with E-state index < -0.39 is 0 Å². The van der Waals surface area contributed by atoms with Crippen LogP contribution in [0.1, 0.15) is 23.7 Å². The molecule has 3 aromatic rings. The first kappa shape index (κ1) is 15.7. The molecule has 1 heterocycles. The second-order valence-corrected chi connectivity index (χ2v) is 5.16. The largest absolute Gasteiger partial charge is 0.494 e. The van der Waals surface area contributed by atoms with Crippen molar-refractivity contribution in [3.8, 4) is 17.0 Å². The van der Waals surface area contributed by atoms with Crippen molar-refractivity contribution in [2.75, 3.05) is 11.9 Å². The molecule has 0 radical (unpaired) electrons. The highest BCUT2D eigenvalue weighted by molar-refractivity contribution is 6.05. The Bertz CT molecular complexity index is 815. The minimum Gasteiger partial charge on any atom is -0.494 e. The highest BCUT2D eigenvalue weighted by Crippen LogP contribution is 2.24. The Labute approximate surface area is 139 Å². The zero-order valence-corrected chi connectivity index (χ0v) is 13.2. The number of hydrogen-bond acceptors (Lipinski definition) is 5. The van der Waals surface area contributed by atoms with Gasteiger partial charge in [0.2, 0.25) is 5.82 Å². The molecule has 1 amide bonds. The van der Waals surface area contributed by atoms with Crippen LogP contribution in [-0.4, -0.2) is 22.8 Å². The second kappa shape index (κ2) is 7.41. The number of carbonyl (C=O) groups excluding carboxylic acids is 1. The molecule has 0 spiro atoms. The number of benzene rings is 2. The molecule has 6 nitrogen and oxygen atoms in total. The van der Waals surface area contributed by atoms with Crippen molar-refractivity contribution in [2.45, 2.75) is 13.3 Å². The number of ether oxygens (including phenoxy) is 1. The molecule has 1 N–H and O–H groups in total. The molecule has 1 aromatic heterocycles. The van der Waals surface area contributed by atoms with Gasteiger partial charge in [-0.1, -0.05) is 43.3 Å². The Morgan fingerprint density at radius 3 is 2.75 bits per heavy atom. The lowest BCUT2D eigenvalue weighted by atomic mass is 10.1. The lowest BCUT2D eigenvalue weighted by Gasteiger charge is -2.07. The van der Waals surface area contributed by atoms with E-state index in [0.29, 0.717) is 23.6 Å². The average molecular weight is 323 g/mol. The van der Waals surface area contributed by atoms with Crippen LogP contribution in [-0.2, 0) is 0 Å². The van der Waals surface area contributed by atoms with Crippen LogP contribution in [0.5, 0.6) is 5.75 Å². The molecule has 24 heavy (non-hydrogen) atoms. The van der Waals surface area contributed by atoms with Gasteiger partial charge in [0.15, 0.2) is 5.69 Å². The van der Waals surface area contributed by atoms with Gasteiger partial charge in [0.1, 0.15) is 5.75 Å². The van der Waals surface area contributed by atoms with E-state index in [4.69, 9.17) is 9.37 Å². The molecule has 0 bridgehead atoms. The van der Waals surface area contributed by atoms with Crippen molar-refractivity contribution in [3.05, 3.63) is 60.2 Å². The molecular formula is C18H17N3O3. The van der Waals surface area contributed by atoms with Gasteiger partial charge >= 0.3 is 0 Å². The summed E-state index contributed by atoms with van der Waals surface area (Å²) in [6.07, 6.45) is 0.904. The summed E-state index contributed by atoms with van der Waals surface area (Å²) < 4.78 is 10.3. The zero-order chi connectivity index (χ0) is 16.8. The van der Waals surface area contributed by atoms with Gasteiger partial charge in [0.05, 0.1) is 6.61 Å². The quantitative estimate of drug-likeness (QED) is 0.747. The molecular weight excluding hydrogens is 306 g/mol. The molecule has 122 valence electrons. The fourth-order valence-corrected chi connectivity index (χ4v) is 2.18. The lowest BCUT2D eigenvalue weighted by Crippen LogP contribution is -2.13. The van der Waals surface area contributed by atoms with E-state index in [2.05, 4.69) is 15.6 Å². The summed E-state index contributed by atoms with van der Waals surface area (Å²) in [6, 6.07) is 16.4. The number of aromatic nitrogens is 2. The monoisotopic (exact) mass is 323 g/mol. The summed E-state index contributed by atoms with van der Waals surface area (Å²) in [5.41, 5.74) is 1.78. The van der Waals surface area contributed by atoms with Gasteiger partial charge in [-0.15, -0.1) is 0 Å². The third kappa shape index (κ3) is 3.60. The minimum atomic E-state index is -0.301. The first-order valence-corrected chi connectivity index (χ1v) is 7.70. The third-order valence-corrected chi connectivity index (χ3v) is 3.34. The second-order valence-electron chi connectivity index (χ2n) is 5.16. The van der Waals surface area contributed by atoms with E-state index in [1.807, 2.05) is 43.3 Å². The van der Waals surface area contributed by atoms with Gasteiger partial charge in [-0.3, -0.25) is 4.79 Å². The van der Waals surface area contributed by atoms with Crippen molar-refractivity contribution in [1.29, 1.82) is 0 Å². The summed E-state index contributed by atoms with van der Waals surface area (Å²) in [6.45, 7) is 2.63. The molecule has 0 fully saturated rings. The summed E-state index contributed by atoms with van der Waals surface area (Å²) in [7, 11) is 0. The van der Waals surface area contributed by atoms with Crippen LogP contribution in [0.15, 0.2) is 59.2 Å². The van der Waals surface area contributed by atoms with E-state index in [9.17, 15) is 4.79 Å². The molecule has 3 rings (SSSR count). The van der Waals surface area contributed by atoms with Crippen molar-refractivity contribution >= 4 is 11.7 Å². The highest BCUT2D eigenvalue weighted by Gasteiger charge is 2.16. The maximum atomic E-state index is 12.4. The van der Waals surface area contributed by atoms with Crippen LogP contribution in [0.4, 0.5) is 5.82 Å². The van der Waals surface area contributed by atoms with Gasteiger partial charge in [-0.25, -0.2) is 4.63 Å². The summed E-state index contributed by atoms with van der Waals surface area (Å²) in [5.74, 6) is 0.641. The number of carbonyl (C=O) groups is 1. The first-order valence-electron chi connectivity index (χ1n) is 7.70. The van der Waals surface area contributed by atoms with Crippen LogP contribution >= 0.6 is 0 Å². The summed E-state index contributed by atoms with van der Waals surface area (Å²) >= 11 is 0. The Morgan fingerprint density at radius 1 is 1.12 bits per heavy atom. The summed E-state index contributed by atoms with van der Waals surface area (Å²) in [5, 5.41) is 10.4. The van der Waals surface area contributed by atoms with Crippen molar-refractivity contribution in [3.63, 3.8) is 0 Å². The molecule has 0 aliphatic heterocycles. The molecule has 0 atom stereocenters. The predicted octanol–water partition coefficient (Wildman–Crippen LogP) is 3.78. The number of nitrogens with one attached hydrogen (secondary N) is 1. The van der Waals surface area contributed by atoms with Crippen LogP contribution in [0.25, 0.3) is 11.3 Å². The number of anilines is 1. The number of hydrogen-bond donors (Lipinski definition) is 1. The molecule has 0 unspecified atom stereocenters. The van der Waals surface area contributed by atoms with E-state index in [-0.39, 0.29) is 11.7 Å². The highest BCUT2D eigenvalue weighted by atomic mass is 16.6. The molecule has 0 aliphatic carbocycles. The van der Waals surface area contributed by atoms with Crippen LogP contribution in [0, 0.1) is 0 Å². The van der Waals surface area contributed by atoms with Crippen molar-refractivity contribution in [2.24, 2.45) is 0 Å². The fraction of sp³-hybridized carbons (Fsp3) is 0.167. The molecule has 0 saturated heterocycles. The Morgan fingerprint density at radius 2 is 1.96 bits per heavy atom. The summed E-state index contributed by atoms with van der Waals surface area (Å²) in [4.78, 5) is 12.4. The van der Waals surface area contributed by atoms with E-state index in [0.717, 1.165) is 12.0 Å². The topological polar surface area (TPSA) is 77.2 Å². The zero-order valence-electron chi connectivity index (χ0n) is 13.2. The van der Waals surface area contributed by atoms with Gasteiger partial charge in [0.25, 0.3) is 5.91 Å². The van der Waals surface area contributed by atoms with Crippen LogP contribution < -0.4 is 10.1 Å². The maximum absolute atomic E-state index is 12.4. The average Bonchev–Trinajstić information content (AvgIpc) is 3.09. The number of rotatable bonds is 6. The molecule has 0 aliphatic rings. The number of nitrogens with zero attached hydrogens (tertiary/aromatic N) is 2. The van der Waals surface area contributed by atoms with Crippen LogP contribution in [0.2, 0.25) is 0 Å². The van der Waals surface area contributed by atoms with Gasteiger partial charge < -0.3 is 10.1 Å². The van der Waals surface area contributed by atoms with E-state index in [1.54, 1.807) is 18.2 Å². The Kier molecular flexibility index (Phi) is 4.86. The third-order valence-electron chi connectivity index (χ3n) is 3.34. The SMILES string of the molecule is CCCOc1cccc(C(=O)Nc2nonc2-c2ccccc2)c1. The van der Waals surface area contributed by atoms with Crippen LogP contribution in [0.3, 0.4) is 0 Å². The molecule has 0 saturated carbocycles. The predicted molar refractivity (Wildman–Crippen MR) is 89.9 cm³/mol. The van der Waals surface area contributed by atoms with E-state index >= 15 is 0 Å². The van der Waals surface area contributed by atoms with E-state index in [1.165, 1.54) is 0 Å².